The highest BCUT2D eigenvalue weighted by Crippen LogP contribution is 2.31. The summed E-state index contributed by atoms with van der Waals surface area (Å²) >= 11 is 1.75. The summed E-state index contributed by atoms with van der Waals surface area (Å²) in [6.45, 7) is 0.979. The summed E-state index contributed by atoms with van der Waals surface area (Å²) in [7, 11) is 0. The van der Waals surface area contributed by atoms with E-state index < -0.39 is 0 Å². The number of phenolic OH excluding ortho intramolecular Hbond substituents is 1. The second kappa shape index (κ2) is 5.27. The predicted octanol–water partition coefficient (Wildman–Crippen LogP) is 3.35. The summed E-state index contributed by atoms with van der Waals surface area (Å²) in [5, 5.41) is 13.2. The summed E-state index contributed by atoms with van der Waals surface area (Å²) < 4.78 is 0. The SMILES string of the molecule is CSc1ccc(C2NCCc3ccc(O)cc32)cc1. The molecule has 2 aromatic carbocycles. The third-order valence-electron chi connectivity index (χ3n) is 3.63. The van der Waals surface area contributed by atoms with Crippen LogP contribution in [-0.4, -0.2) is 17.9 Å². The fourth-order valence-electron chi connectivity index (χ4n) is 2.63. The van der Waals surface area contributed by atoms with Gasteiger partial charge in [0.15, 0.2) is 0 Å². The minimum absolute atomic E-state index is 0.187. The van der Waals surface area contributed by atoms with Gasteiger partial charge in [0.25, 0.3) is 0 Å². The lowest BCUT2D eigenvalue weighted by molar-refractivity contribution is 0.470. The monoisotopic (exact) mass is 271 g/mol. The van der Waals surface area contributed by atoms with Crippen LogP contribution in [0.25, 0.3) is 0 Å². The third kappa shape index (κ3) is 2.48. The second-order valence-electron chi connectivity index (χ2n) is 4.79. The minimum Gasteiger partial charge on any atom is -0.508 e. The largest absolute Gasteiger partial charge is 0.508 e. The molecule has 0 aliphatic carbocycles. The van der Waals surface area contributed by atoms with Crippen molar-refractivity contribution in [2.75, 3.05) is 12.8 Å². The molecule has 2 N–H and O–H groups in total. The zero-order valence-corrected chi connectivity index (χ0v) is 11.7. The molecule has 3 rings (SSSR count). The molecule has 1 atom stereocenters. The highest BCUT2D eigenvalue weighted by molar-refractivity contribution is 7.98. The normalized spacial score (nSPS) is 18.1. The highest BCUT2D eigenvalue weighted by Gasteiger charge is 2.21. The van der Waals surface area contributed by atoms with Gasteiger partial charge in [-0.05, 0) is 53.6 Å². The van der Waals surface area contributed by atoms with Gasteiger partial charge < -0.3 is 10.4 Å². The summed E-state index contributed by atoms with van der Waals surface area (Å²) in [6.07, 6.45) is 3.11. The van der Waals surface area contributed by atoms with Gasteiger partial charge in [-0.15, -0.1) is 11.8 Å². The van der Waals surface area contributed by atoms with Crippen molar-refractivity contribution in [3.63, 3.8) is 0 Å². The average Bonchev–Trinajstić information content (AvgIpc) is 2.47. The van der Waals surface area contributed by atoms with Crippen LogP contribution in [-0.2, 0) is 6.42 Å². The van der Waals surface area contributed by atoms with Crippen LogP contribution in [0.3, 0.4) is 0 Å². The van der Waals surface area contributed by atoms with Crippen LogP contribution in [0.4, 0.5) is 0 Å². The Morgan fingerprint density at radius 1 is 1.16 bits per heavy atom. The van der Waals surface area contributed by atoms with E-state index >= 15 is 0 Å². The number of phenols is 1. The average molecular weight is 271 g/mol. The first kappa shape index (κ1) is 12.6. The first-order valence-corrected chi connectivity index (χ1v) is 7.69. The predicted molar refractivity (Wildman–Crippen MR) is 79.9 cm³/mol. The maximum Gasteiger partial charge on any atom is 0.115 e. The Bertz CT molecular complexity index is 580. The lowest BCUT2D eigenvalue weighted by Crippen LogP contribution is -2.30. The zero-order chi connectivity index (χ0) is 13.2. The van der Waals surface area contributed by atoms with E-state index in [2.05, 4.69) is 35.8 Å². The molecular weight excluding hydrogens is 254 g/mol. The van der Waals surface area contributed by atoms with Crippen LogP contribution in [0, 0.1) is 0 Å². The molecule has 2 aromatic rings. The van der Waals surface area contributed by atoms with E-state index in [1.807, 2.05) is 12.1 Å². The van der Waals surface area contributed by atoms with E-state index in [0.29, 0.717) is 5.75 Å². The van der Waals surface area contributed by atoms with Crippen molar-refractivity contribution in [3.05, 3.63) is 59.2 Å². The van der Waals surface area contributed by atoms with Gasteiger partial charge >= 0.3 is 0 Å². The number of aromatic hydroxyl groups is 1. The number of thioether (sulfide) groups is 1. The molecule has 1 aliphatic rings. The molecular formula is C16H17NOS. The van der Waals surface area contributed by atoms with Crippen LogP contribution < -0.4 is 5.32 Å². The number of fused-ring (bicyclic) bond motifs is 1. The summed E-state index contributed by atoms with van der Waals surface area (Å²) in [4.78, 5) is 1.27. The molecule has 0 radical (unpaired) electrons. The number of nitrogens with one attached hydrogen (secondary N) is 1. The van der Waals surface area contributed by atoms with Crippen LogP contribution in [0.15, 0.2) is 47.4 Å². The number of rotatable bonds is 2. The number of hydrogen-bond donors (Lipinski definition) is 2. The maximum absolute atomic E-state index is 9.70. The van der Waals surface area contributed by atoms with E-state index in [0.717, 1.165) is 13.0 Å². The standard InChI is InChI=1S/C16H17NOS/c1-19-14-6-3-12(4-7-14)16-15-10-13(18)5-2-11(15)8-9-17-16/h2-7,10,16-18H,8-9H2,1H3. The number of hydrogen-bond acceptors (Lipinski definition) is 3. The van der Waals surface area contributed by atoms with Crippen molar-refractivity contribution in [2.24, 2.45) is 0 Å². The van der Waals surface area contributed by atoms with E-state index in [1.54, 1.807) is 17.8 Å². The van der Waals surface area contributed by atoms with Gasteiger partial charge in [0.2, 0.25) is 0 Å². The molecule has 1 heterocycles. The Hall–Kier alpha value is -1.45. The molecule has 1 aliphatic heterocycles. The molecule has 0 bridgehead atoms. The summed E-state index contributed by atoms with van der Waals surface area (Å²) in [6, 6.07) is 14.5. The first-order valence-electron chi connectivity index (χ1n) is 6.47. The first-order chi connectivity index (χ1) is 9.28. The zero-order valence-electron chi connectivity index (χ0n) is 10.9. The quantitative estimate of drug-likeness (QED) is 0.822. The van der Waals surface area contributed by atoms with E-state index in [-0.39, 0.29) is 6.04 Å². The Morgan fingerprint density at radius 2 is 1.95 bits per heavy atom. The Morgan fingerprint density at radius 3 is 2.68 bits per heavy atom. The number of benzene rings is 2. The second-order valence-corrected chi connectivity index (χ2v) is 5.67. The van der Waals surface area contributed by atoms with Crippen molar-refractivity contribution in [2.45, 2.75) is 17.4 Å². The van der Waals surface area contributed by atoms with Crippen molar-refractivity contribution in [1.29, 1.82) is 0 Å². The molecule has 19 heavy (non-hydrogen) atoms. The molecule has 0 aromatic heterocycles. The van der Waals surface area contributed by atoms with Gasteiger partial charge in [-0.2, -0.15) is 0 Å². The van der Waals surface area contributed by atoms with Crippen molar-refractivity contribution < 1.29 is 5.11 Å². The molecule has 0 spiro atoms. The third-order valence-corrected chi connectivity index (χ3v) is 4.38. The van der Waals surface area contributed by atoms with Gasteiger partial charge in [-0.1, -0.05) is 18.2 Å². The Labute approximate surface area is 117 Å². The highest BCUT2D eigenvalue weighted by atomic mass is 32.2. The van der Waals surface area contributed by atoms with E-state index in [4.69, 9.17) is 0 Å². The smallest absolute Gasteiger partial charge is 0.115 e. The Kier molecular flexibility index (Phi) is 3.49. The van der Waals surface area contributed by atoms with Crippen LogP contribution >= 0.6 is 11.8 Å². The molecule has 2 nitrogen and oxygen atoms in total. The van der Waals surface area contributed by atoms with Gasteiger partial charge in [0.1, 0.15) is 5.75 Å². The summed E-state index contributed by atoms with van der Waals surface area (Å²) in [5.41, 5.74) is 3.78. The van der Waals surface area contributed by atoms with E-state index in [9.17, 15) is 5.11 Å². The molecule has 0 saturated heterocycles. The fraction of sp³-hybridized carbons (Fsp3) is 0.250. The minimum atomic E-state index is 0.187. The molecule has 0 saturated carbocycles. The molecule has 1 unspecified atom stereocenters. The molecule has 98 valence electrons. The lowest BCUT2D eigenvalue weighted by Gasteiger charge is -2.27. The van der Waals surface area contributed by atoms with Gasteiger partial charge in [0, 0.05) is 11.4 Å². The van der Waals surface area contributed by atoms with Gasteiger partial charge in [-0.3, -0.25) is 0 Å². The van der Waals surface area contributed by atoms with Crippen molar-refractivity contribution >= 4 is 11.8 Å². The molecule has 0 fully saturated rings. The van der Waals surface area contributed by atoms with Crippen LogP contribution in [0.5, 0.6) is 5.75 Å². The van der Waals surface area contributed by atoms with Crippen molar-refractivity contribution in [1.82, 2.24) is 5.32 Å². The van der Waals surface area contributed by atoms with Crippen LogP contribution in [0.1, 0.15) is 22.7 Å². The maximum atomic E-state index is 9.70. The van der Waals surface area contributed by atoms with Crippen molar-refractivity contribution in [3.8, 4) is 5.75 Å². The van der Waals surface area contributed by atoms with E-state index in [1.165, 1.54) is 21.6 Å². The van der Waals surface area contributed by atoms with Gasteiger partial charge in [0.05, 0.1) is 6.04 Å². The summed E-state index contributed by atoms with van der Waals surface area (Å²) in [5.74, 6) is 0.341. The topological polar surface area (TPSA) is 32.3 Å². The lowest BCUT2D eigenvalue weighted by atomic mass is 9.90. The molecule has 3 heteroatoms. The molecule has 0 amide bonds. The fourth-order valence-corrected chi connectivity index (χ4v) is 3.04. The van der Waals surface area contributed by atoms with Crippen LogP contribution in [0.2, 0.25) is 0 Å². The Balaban J connectivity index is 2.00. The van der Waals surface area contributed by atoms with Gasteiger partial charge in [-0.25, -0.2) is 0 Å².